The van der Waals surface area contributed by atoms with E-state index in [2.05, 4.69) is 13.8 Å². The Bertz CT molecular complexity index is 657. The average Bonchev–Trinajstić information content (AvgIpc) is 3.11. The predicted molar refractivity (Wildman–Crippen MR) is 95.4 cm³/mol. The first-order valence-corrected chi connectivity index (χ1v) is 10.2. The zero-order valence-electron chi connectivity index (χ0n) is 16.8. The molecule has 0 spiro atoms. The number of epoxide rings is 1. The van der Waals surface area contributed by atoms with E-state index in [1.807, 2.05) is 20.8 Å². The van der Waals surface area contributed by atoms with E-state index in [0.29, 0.717) is 12.8 Å². The van der Waals surface area contributed by atoms with Gasteiger partial charge in [-0.05, 0) is 52.4 Å². The summed E-state index contributed by atoms with van der Waals surface area (Å²) in [6.07, 6.45) is 6.91. The molecule has 4 fully saturated rings. The Morgan fingerprint density at radius 3 is 2.50 bits per heavy atom. The van der Waals surface area contributed by atoms with Gasteiger partial charge in [-0.2, -0.15) is 0 Å². The van der Waals surface area contributed by atoms with Crippen molar-refractivity contribution in [2.45, 2.75) is 109 Å². The standard InChI is InChI=1S/C21H32O5/c1-6-7-11-20-14(9-8-10-19(20,5)26-20)24-16(23)21-13-12-18(4,15(22)25-21)17(21,2)3/h14H,6-13H2,1-5H3/t14-,18?,19+,20-,21?/m0/s1. The zero-order valence-corrected chi connectivity index (χ0v) is 16.8. The Hall–Kier alpha value is -1.10. The van der Waals surface area contributed by atoms with Gasteiger partial charge in [0.15, 0.2) is 0 Å². The average molecular weight is 364 g/mol. The third-order valence-electron chi connectivity index (χ3n) is 8.47. The minimum atomic E-state index is -1.15. The number of hydrogen-bond acceptors (Lipinski definition) is 5. The van der Waals surface area contributed by atoms with E-state index in [1.54, 1.807) is 0 Å². The van der Waals surface area contributed by atoms with E-state index in [4.69, 9.17) is 14.2 Å². The maximum atomic E-state index is 13.3. The van der Waals surface area contributed by atoms with Gasteiger partial charge < -0.3 is 14.2 Å². The molecule has 26 heavy (non-hydrogen) atoms. The second-order valence-electron chi connectivity index (χ2n) is 9.79. The van der Waals surface area contributed by atoms with E-state index in [0.717, 1.165) is 38.5 Å². The van der Waals surface area contributed by atoms with Crippen molar-refractivity contribution in [3.05, 3.63) is 0 Å². The predicted octanol–water partition coefficient (Wildman–Crippen LogP) is 3.92. The van der Waals surface area contributed by atoms with Crippen LogP contribution in [0.2, 0.25) is 0 Å². The van der Waals surface area contributed by atoms with Gasteiger partial charge in [0.05, 0.1) is 11.0 Å². The van der Waals surface area contributed by atoms with Crippen LogP contribution in [0.5, 0.6) is 0 Å². The van der Waals surface area contributed by atoms with Gasteiger partial charge in [-0.1, -0.05) is 33.6 Å². The van der Waals surface area contributed by atoms with Crippen LogP contribution in [0.3, 0.4) is 0 Å². The molecule has 2 saturated heterocycles. The quantitative estimate of drug-likeness (QED) is 0.546. The van der Waals surface area contributed by atoms with Crippen molar-refractivity contribution in [3.8, 4) is 0 Å². The van der Waals surface area contributed by atoms with Crippen molar-refractivity contribution in [2.24, 2.45) is 10.8 Å². The van der Waals surface area contributed by atoms with E-state index in [1.165, 1.54) is 0 Å². The van der Waals surface area contributed by atoms with Crippen LogP contribution in [0, 0.1) is 10.8 Å². The number of esters is 2. The minimum absolute atomic E-state index is 0.172. The van der Waals surface area contributed by atoms with Crippen LogP contribution < -0.4 is 0 Å². The molecule has 0 radical (unpaired) electrons. The lowest BCUT2D eigenvalue weighted by molar-refractivity contribution is -0.190. The third kappa shape index (κ3) is 1.91. The molecule has 0 aromatic rings. The highest BCUT2D eigenvalue weighted by molar-refractivity contribution is 5.93. The maximum Gasteiger partial charge on any atom is 0.351 e. The van der Waals surface area contributed by atoms with Crippen molar-refractivity contribution >= 4 is 11.9 Å². The first-order valence-electron chi connectivity index (χ1n) is 10.2. The van der Waals surface area contributed by atoms with Crippen molar-refractivity contribution in [1.82, 2.24) is 0 Å². The second-order valence-corrected chi connectivity index (χ2v) is 9.79. The summed E-state index contributed by atoms with van der Waals surface area (Å²) in [5.41, 5.74) is -2.83. The fourth-order valence-corrected chi connectivity index (χ4v) is 5.90. The fourth-order valence-electron chi connectivity index (χ4n) is 5.90. The summed E-state index contributed by atoms with van der Waals surface area (Å²) in [7, 11) is 0. The van der Waals surface area contributed by atoms with Crippen LogP contribution in [0.15, 0.2) is 0 Å². The Morgan fingerprint density at radius 2 is 1.92 bits per heavy atom. The number of rotatable bonds is 5. The lowest BCUT2D eigenvalue weighted by Crippen LogP contribution is -2.52. The molecule has 0 aromatic carbocycles. The van der Waals surface area contributed by atoms with Gasteiger partial charge in [0.1, 0.15) is 11.7 Å². The van der Waals surface area contributed by atoms with E-state index in [-0.39, 0.29) is 29.2 Å². The van der Waals surface area contributed by atoms with Crippen LogP contribution in [-0.4, -0.2) is 34.8 Å². The van der Waals surface area contributed by atoms with Gasteiger partial charge in [-0.25, -0.2) is 4.79 Å². The highest BCUT2D eigenvalue weighted by Crippen LogP contribution is 2.66. The molecule has 0 aromatic heterocycles. The summed E-state index contributed by atoms with van der Waals surface area (Å²) in [5.74, 6) is -0.625. The Morgan fingerprint density at radius 1 is 1.19 bits per heavy atom. The molecule has 2 aliphatic carbocycles. The largest absolute Gasteiger partial charge is 0.456 e. The Balaban J connectivity index is 1.58. The van der Waals surface area contributed by atoms with Crippen LogP contribution in [0.25, 0.3) is 0 Å². The molecule has 4 rings (SSSR count). The number of unbranched alkanes of at least 4 members (excludes halogenated alkanes) is 1. The topological polar surface area (TPSA) is 65.1 Å². The summed E-state index contributed by atoms with van der Waals surface area (Å²) in [6.45, 7) is 10.2. The summed E-state index contributed by atoms with van der Waals surface area (Å²) in [4.78, 5) is 25.8. The van der Waals surface area contributed by atoms with Crippen LogP contribution >= 0.6 is 0 Å². The molecular weight excluding hydrogens is 332 g/mol. The summed E-state index contributed by atoms with van der Waals surface area (Å²) < 4.78 is 18.0. The third-order valence-corrected chi connectivity index (χ3v) is 8.47. The minimum Gasteiger partial charge on any atom is -0.456 e. The van der Waals surface area contributed by atoms with Crippen LogP contribution in [0.4, 0.5) is 0 Å². The van der Waals surface area contributed by atoms with Gasteiger partial charge in [0, 0.05) is 5.41 Å². The van der Waals surface area contributed by atoms with E-state index in [9.17, 15) is 9.59 Å². The number of ether oxygens (including phenoxy) is 3. The first kappa shape index (κ1) is 18.3. The van der Waals surface area contributed by atoms with Gasteiger partial charge in [-0.3, -0.25) is 4.79 Å². The van der Waals surface area contributed by atoms with Crippen molar-refractivity contribution in [1.29, 1.82) is 0 Å². The van der Waals surface area contributed by atoms with Gasteiger partial charge in [0.2, 0.25) is 5.60 Å². The normalized spacial score (nSPS) is 48.0. The molecule has 2 aliphatic heterocycles. The summed E-state index contributed by atoms with van der Waals surface area (Å²) in [5, 5.41) is 0. The first-order chi connectivity index (χ1) is 12.1. The monoisotopic (exact) mass is 364 g/mol. The number of fused-ring (bicyclic) bond motifs is 3. The number of carbonyl (C=O) groups excluding carboxylic acids is 2. The molecule has 4 aliphatic rings. The van der Waals surface area contributed by atoms with Crippen molar-refractivity contribution in [3.63, 3.8) is 0 Å². The Labute approximate surface area is 156 Å². The zero-order chi connectivity index (χ0) is 19.0. The second kappa shape index (κ2) is 5.24. The van der Waals surface area contributed by atoms with E-state index >= 15 is 0 Å². The molecular formula is C21H32O5. The van der Waals surface area contributed by atoms with Gasteiger partial charge in [-0.15, -0.1) is 0 Å². The lowest BCUT2D eigenvalue weighted by Gasteiger charge is -2.38. The highest BCUT2D eigenvalue weighted by atomic mass is 16.7. The molecule has 5 atom stereocenters. The van der Waals surface area contributed by atoms with Gasteiger partial charge >= 0.3 is 11.9 Å². The summed E-state index contributed by atoms with van der Waals surface area (Å²) >= 11 is 0. The van der Waals surface area contributed by atoms with Crippen LogP contribution in [0.1, 0.15) is 86.0 Å². The number of carbonyl (C=O) groups is 2. The smallest absolute Gasteiger partial charge is 0.351 e. The molecule has 5 nitrogen and oxygen atoms in total. The van der Waals surface area contributed by atoms with E-state index < -0.39 is 16.4 Å². The molecule has 2 saturated carbocycles. The molecule has 2 heterocycles. The molecule has 2 unspecified atom stereocenters. The molecule has 0 N–H and O–H groups in total. The number of hydrogen-bond donors (Lipinski definition) is 0. The molecule has 146 valence electrons. The van der Waals surface area contributed by atoms with Crippen LogP contribution in [-0.2, 0) is 23.8 Å². The van der Waals surface area contributed by atoms with Crippen molar-refractivity contribution in [2.75, 3.05) is 0 Å². The molecule has 5 heteroatoms. The molecule has 0 amide bonds. The summed E-state index contributed by atoms with van der Waals surface area (Å²) in [6, 6.07) is 0. The van der Waals surface area contributed by atoms with Gasteiger partial charge in [0.25, 0.3) is 0 Å². The lowest BCUT2D eigenvalue weighted by atomic mass is 9.66. The molecule has 2 bridgehead atoms. The highest BCUT2D eigenvalue weighted by Gasteiger charge is 2.78. The maximum absolute atomic E-state index is 13.3. The SMILES string of the molecule is CCCC[C@@]12O[C@]1(C)CCC[C@@H]2OC(=O)C12CCC(C)(C(=O)O1)C2(C)C. The Kier molecular flexibility index (Phi) is 3.68. The fraction of sp³-hybridized carbons (Fsp3) is 0.905. The van der Waals surface area contributed by atoms with Crippen molar-refractivity contribution < 1.29 is 23.8 Å².